The normalized spacial score (nSPS) is 20.7. The molecule has 0 aromatic heterocycles. The molecule has 0 spiro atoms. The van der Waals surface area contributed by atoms with Gasteiger partial charge < -0.3 is 20.5 Å². The predicted molar refractivity (Wildman–Crippen MR) is 123 cm³/mol. The van der Waals surface area contributed by atoms with Crippen molar-refractivity contribution in [2.24, 2.45) is 5.73 Å². The third kappa shape index (κ3) is 4.64. The number of aliphatic hydroxyl groups excluding tert-OH is 1. The number of amides is 1. The van der Waals surface area contributed by atoms with Gasteiger partial charge in [0, 0.05) is 23.7 Å². The van der Waals surface area contributed by atoms with E-state index >= 15 is 0 Å². The molecule has 0 saturated heterocycles. The molecule has 1 fully saturated rings. The van der Waals surface area contributed by atoms with Gasteiger partial charge in [-0.15, -0.1) is 0 Å². The van der Waals surface area contributed by atoms with Crippen LogP contribution in [0, 0.1) is 0 Å². The Morgan fingerprint density at radius 1 is 1.16 bits per heavy atom. The van der Waals surface area contributed by atoms with E-state index in [4.69, 9.17) is 10.5 Å². The van der Waals surface area contributed by atoms with E-state index in [9.17, 15) is 14.7 Å². The molecular formula is C26H30N2O4. The van der Waals surface area contributed by atoms with Gasteiger partial charge in [0.1, 0.15) is 11.4 Å². The summed E-state index contributed by atoms with van der Waals surface area (Å²) in [6.45, 7) is 2.06. The van der Waals surface area contributed by atoms with Crippen LogP contribution in [-0.2, 0) is 16.0 Å². The average Bonchev–Trinajstić information content (AvgIpc) is 3.61. The number of rotatable bonds is 9. The number of primary amides is 1. The summed E-state index contributed by atoms with van der Waals surface area (Å²) in [4.78, 5) is 26.8. The molecule has 0 radical (unpaired) electrons. The predicted octanol–water partition coefficient (Wildman–Crippen LogP) is 4.64. The number of hydrogen-bond donors (Lipinski definition) is 2. The van der Waals surface area contributed by atoms with Crippen molar-refractivity contribution in [1.82, 2.24) is 0 Å². The van der Waals surface area contributed by atoms with Crippen molar-refractivity contribution in [2.45, 2.75) is 63.5 Å². The van der Waals surface area contributed by atoms with E-state index < -0.39 is 17.5 Å². The van der Waals surface area contributed by atoms with E-state index in [1.54, 1.807) is 18.2 Å². The second kappa shape index (κ2) is 9.07. The first kappa shape index (κ1) is 21.9. The fraction of sp³-hybridized carbons (Fsp3) is 0.385. The highest BCUT2D eigenvalue weighted by Gasteiger charge is 2.45. The Morgan fingerprint density at radius 2 is 1.91 bits per heavy atom. The molecule has 1 aliphatic carbocycles. The van der Waals surface area contributed by atoms with Crippen LogP contribution in [0.4, 0.5) is 5.69 Å². The number of aryl methyl sites for hydroxylation is 1. The number of hydrogen-bond acceptors (Lipinski definition) is 5. The number of benzene rings is 2. The number of cyclic esters (lactones) is 1. The molecular weight excluding hydrogens is 404 g/mol. The lowest BCUT2D eigenvalue weighted by molar-refractivity contribution is -0.160. The van der Waals surface area contributed by atoms with Crippen LogP contribution in [0.3, 0.4) is 0 Å². The highest BCUT2D eigenvalue weighted by atomic mass is 16.6. The SMILES string of the molecule is CCCC1(CCc2ccccc2)CC(O)=C(N(c2cccc(C(N)=O)c2)C2CC2)C(=O)O1. The molecule has 1 heterocycles. The van der Waals surface area contributed by atoms with E-state index in [1.807, 2.05) is 29.2 Å². The molecule has 168 valence electrons. The average molecular weight is 435 g/mol. The van der Waals surface area contributed by atoms with Gasteiger partial charge >= 0.3 is 5.97 Å². The topological polar surface area (TPSA) is 92.9 Å². The molecule has 4 rings (SSSR count). The van der Waals surface area contributed by atoms with Gasteiger partial charge in [-0.1, -0.05) is 49.7 Å². The molecule has 32 heavy (non-hydrogen) atoms. The van der Waals surface area contributed by atoms with Gasteiger partial charge in [-0.2, -0.15) is 0 Å². The molecule has 1 aliphatic heterocycles. The van der Waals surface area contributed by atoms with Gasteiger partial charge in [0.15, 0.2) is 5.70 Å². The number of carbonyl (C=O) groups is 2. The van der Waals surface area contributed by atoms with Crippen molar-refractivity contribution in [1.29, 1.82) is 0 Å². The van der Waals surface area contributed by atoms with E-state index in [2.05, 4.69) is 19.1 Å². The number of carbonyl (C=O) groups excluding carboxylic acids is 2. The van der Waals surface area contributed by atoms with Crippen LogP contribution in [0.1, 0.15) is 61.4 Å². The van der Waals surface area contributed by atoms with Crippen molar-refractivity contribution in [3.63, 3.8) is 0 Å². The summed E-state index contributed by atoms with van der Waals surface area (Å²) in [5.74, 6) is -0.985. The van der Waals surface area contributed by atoms with E-state index in [0.29, 0.717) is 24.1 Å². The van der Waals surface area contributed by atoms with Gasteiger partial charge in [-0.3, -0.25) is 4.79 Å². The summed E-state index contributed by atoms with van der Waals surface area (Å²) in [7, 11) is 0. The maximum absolute atomic E-state index is 13.3. The van der Waals surface area contributed by atoms with E-state index in [-0.39, 0.29) is 23.9 Å². The zero-order valence-electron chi connectivity index (χ0n) is 18.4. The Kier molecular flexibility index (Phi) is 6.21. The van der Waals surface area contributed by atoms with Crippen molar-refractivity contribution in [3.05, 3.63) is 77.2 Å². The largest absolute Gasteiger partial charge is 0.510 e. The maximum atomic E-state index is 13.3. The quantitative estimate of drug-likeness (QED) is 0.561. The second-order valence-corrected chi connectivity index (χ2v) is 8.80. The first-order valence-corrected chi connectivity index (χ1v) is 11.3. The molecule has 2 aromatic rings. The lowest BCUT2D eigenvalue weighted by Crippen LogP contribution is -2.45. The Labute approximate surface area is 188 Å². The third-order valence-electron chi connectivity index (χ3n) is 6.25. The minimum Gasteiger partial charge on any atom is -0.510 e. The second-order valence-electron chi connectivity index (χ2n) is 8.80. The Balaban J connectivity index is 1.64. The van der Waals surface area contributed by atoms with Gasteiger partial charge in [0.05, 0.1) is 0 Å². The maximum Gasteiger partial charge on any atom is 0.359 e. The minimum absolute atomic E-state index is 0.0548. The molecule has 2 aliphatic rings. The van der Waals surface area contributed by atoms with Crippen LogP contribution < -0.4 is 10.6 Å². The fourth-order valence-corrected chi connectivity index (χ4v) is 4.57. The minimum atomic E-state index is -0.723. The number of aliphatic hydroxyl groups is 1. The monoisotopic (exact) mass is 434 g/mol. The lowest BCUT2D eigenvalue weighted by Gasteiger charge is -2.40. The number of esters is 1. The summed E-state index contributed by atoms with van der Waals surface area (Å²) in [6, 6.07) is 17.0. The van der Waals surface area contributed by atoms with Crippen molar-refractivity contribution < 1.29 is 19.4 Å². The van der Waals surface area contributed by atoms with Crippen LogP contribution in [0.15, 0.2) is 66.1 Å². The smallest absolute Gasteiger partial charge is 0.359 e. The number of nitrogens with two attached hydrogens (primary N) is 1. The van der Waals surface area contributed by atoms with E-state index in [1.165, 1.54) is 5.56 Å². The highest BCUT2D eigenvalue weighted by Crippen LogP contribution is 2.42. The lowest BCUT2D eigenvalue weighted by atomic mass is 9.84. The van der Waals surface area contributed by atoms with Gasteiger partial charge in [-0.05, 0) is 55.9 Å². The highest BCUT2D eigenvalue weighted by molar-refractivity contribution is 5.97. The fourth-order valence-electron chi connectivity index (χ4n) is 4.57. The standard InChI is InChI=1S/C26H30N2O4/c1-2-14-26(15-13-18-7-4-3-5-8-18)17-22(29)23(25(31)32-26)28(20-11-12-20)21-10-6-9-19(16-21)24(27)30/h3-10,16,20,29H,2,11-15,17H2,1H3,(H2,27,30). The van der Waals surface area contributed by atoms with Gasteiger partial charge in [-0.25, -0.2) is 4.79 Å². The summed E-state index contributed by atoms with van der Waals surface area (Å²) < 4.78 is 6.09. The van der Waals surface area contributed by atoms with Crippen molar-refractivity contribution in [2.75, 3.05) is 4.90 Å². The third-order valence-corrected chi connectivity index (χ3v) is 6.25. The summed E-state index contributed by atoms with van der Waals surface area (Å²) in [5.41, 5.74) is 7.11. The molecule has 2 aromatic carbocycles. The van der Waals surface area contributed by atoms with Crippen LogP contribution >= 0.6 is 0 Å². The number of anilines is 1. The Hall–Kier alpha value is -3.28. The van der Waals surface area contributed by atoms with Crippen molar-refractivity contribution >= 4 is 17.6 Å². The molecule has 1 atom stereocenters. The molecule has 0 bridgehead atoms. The zero-order valence-corrected chi connectivity index (χ0v) is 18.4. The number of ether oxygens (including phenoxy) is 1. The van der Waals surface area contributed by atoms with Gasteiger partial charge in [0.2, 0.25) is 5.91 Å². The summed E-state index contributed by atoms with van der Waals surface area (Å²) >= 11 is 0. The van der Waals surface area contributed by atoms with Crippen LogP contribution in [0.2, 0.25) is 0 Å². The number of nitrogens with zero attached hydrogens (tertiary/aromatic N) is 1. The molecule has 1 saturated carbocycles. The molecule has 3 N–H and O–H groups in total. The zero-order chi connectivity index (χ0) is 22.7. The van der Waals surface area contributed by atoms with E-state index in [0.717, 1.165) is 25.7 Å². The molecule has 1 unspecified atom stereocenters. The Morgan fingerprint density at radius 3 is 2.53 bits per heavy atom. The van der Waals surface area contributed by atoms with Crippen LogP contribution in [0.5, 0.6) is 0 Å². The molecule has 1 amide bonds. The molecule has 6 heteroatoms. The first-order valence-electron chi connectivity index (χ1n) is 11.3. The van der Waals surface area contributed by atoms with Crippen LogP contribution in [0.25, 0.3) is 0 Å². The molecule has 6 nitrogen and oxygen atoms in total. The van der Waals surface area contributed by atoms with Crippen LogP contribution in [-0.4, -0.2) is 28.6 Å². The Bertz CT molecular complexity index is 1030. The van der Waals surface area contributed by atoms with Crippen molar-refractivity contribution in [3.8, 4) is 0 Å². The summed E-state index contributed by atoms with van der Waals surface area (Å²) in [5, 5.41) is 11.1. The summed E-state index contributed by atoms with van der Waals surface area (Å²) in [6.07, 6.45) is 5.03. The van der Waals surface area contributed by atoms with Gasteiger partial charge in [0.25, 0.3) is 0 Å². The first-order chi connectivity index (χ1) is 15.4.